The molecule has 0 bridgehead atoms. The van der Waals surface area contributed by atoms with Crippen LogP contribution in [0.2, 0.25) is 0 Å². The second-order valence-electron chi connectivity index (χ2n) is 10.4. The number of fused-ring (bicyclic) bond motifs is 4. The first-order chi connectivity index (χ1) is 19.0. The Morgan fingerprint density at radius 3 is 2.41 bits per heavy atom. The van der Waals surface area contributed by atoms with E-state index in [-0.39, 0.29) is 16.9 Å². The monoisotopic (exact) mass is 537 g/mol. The van der Waals surface area contributed by atoms with Crippen LogP contribution in [0.4, 0.5) is 5.69 Å². The van der Waals surface area contributed by atoms with Gasteiger partial charge in [0.2, 0.25) is 5.91 Å². The van der Waals surface area contributed by atoms with Crippen molar-refractivity contribution in [3.05, 3.63) is 100 Å². The zero-order chi connectivity index (χ0) is 27.0. The Labute approximate surface area is 232 Å². The third-order valence-electron chi connectivity index (χ3n) is 7.97. The van der Waals surface area contributed by atoms with Crippen molar-refractivity contribution in [2.45, 2.75) is 54.8 Å². The number of hydrogen-bond acceptors (Lipinski definition) is 5. The Morgan fingerprint density at radius 1 is 1.00 bits per heavy atom. The second-order valence-corrected chi connectivity index (χ2v) is 11.7. The van der Waals surface area contributed by atoms with E-state index in [1.807, 2.05) is 67.6 Å². The molecule has 3 aromatic carbocycles. The van der Waals surface area contributed by atoms with E-state index in [9.17, 15) is 9.59 Å². The summed E-state index contributed by atoms with van der Waals surface area (Å²) in [5.41, 5.74) is 5.05. The average molecular weight is 538 g/mol. The average Bonchev–Trinajstić information content (AvgIpc) is 3.42. The van der Waals surface area contributed by atoms with E-state index in [0.717, 1.165) is 54.6 Å². The summed E-state index contributed by atoms with van der Waals surface area (Å²) in [4.78, 5) is 32.9. The van der Waals surface area contributed by atoms with Gasteiger partial charge in [-0.1, -0.05) is 67.1 Å². The summed E-state index contributed by atoms with van der Waals surface area (Å²) in [7, 11) is 1.62. The molecule has 1 N–H and O–H groups in total. The lowest BCUT2D eigenvalue weighted by Crippen LogP contribution is -2.40. The van der Waals surface area contributed by atoms with E-state index in [0.29, 0.717) is 16.6 Å². The van der Waals surface area contributed by atoms with Crippen molar-refractivity contribution >= 4 is 23.4 Å². The normalized spacial score (nSPS) is 15.8. The molecule has 0 saturated heterocycles. The summed E-state index contributed by atoms with van der Waals surface area (Å²) in [6.07, 6.45) is 5.04. The van der Waals surface area contributed by atoms with Crippen molar-refractivity contribution in [3.8, 4) is 22.7 Å². The highest BCUT2D eigenvalue weighted by molar-refractivity contribution is 8.00. The fourth-order valence-corrected chi connectivity index (χ4v) is 6.95. The zero-order valence-electron chi connectivity index (χ0n) is 22.1. The number of rotatable bonds is 6. The molecule has 198 valence electrons. The van der Waals surface area contributed by atoms with Crippen LogP contribution in [0.1, 0.15) is 43.7 Å². The summed E-state index contributed by atoms with van der Waals surface area (Å²) < 4.78 is 7.06. The largest absolute Gasteiger partial charge is 0.497 e. The van der Waals surface area contributed by atoms with Crippen LogP contribution in [0.25, 0.3) is 16.9 Å². The number of benzene rings is 3. The first kappa shape index (κ1) is 25.4. The van der Waals surface area contributed by atoms with E-state index >= 15 is 0 Å². The Bertz CT molecular complexity index is 1580. The highest BCUT2D eigenvalue weighted by Gasteiger charge is 2.44. The molecule has 7 heteroatoms. The van der Waals surface area contributed by atoms with Crippen molar-refractivity contribution in [1.29, 1.82) is 0 Å². The minimum absolute atomic E-state index is 0.0419. The number of methoxy groups -OCH3 is 1. The van der Waals surface area contributed by atoms with Crippen molar-refractivity contribution < 1.29 is 9.53 Å². The van der Waals surface area contributed by atoms with Crippen LogP contribution in [0, 0.1) is 0 Å². The minimum atomic E-state index is -0.487. The molecule has 1 unspecified atom stereocenters. The Balaban J connectivity index is 1.50. The maximum Gasteiger partial charge on any atom is 0.263 e. The van der Waals surface area contributed by atoms with E-state index in [2.05, 4.69) is 23.5 Å². The molecule has 0 aliphatic heterocycles. The quantitative estimate of drug-likeness (QED) is 0.228. The molecule has 1 heterocycles. The van der Waals surface area contributed by atoms with E-state index in [4.69, 9.17) is 9.72 Å². The predicted octanol–water partition coefficient (Wildman–Crippen LogP) is 6.40. The third kappa shape index (κ3) is 4.65. The summed E-state index contributed by atoms with van der Waals surface area (Å²) in [6.45, 7) is 1.85. The van der Waals surface area contributed by atoms with E-state index in [1.54, 1.807) is 11.7 Å². The van der Waals surface area contributed by atoms with Gasteiger partial charge in [0.1, 0.15) is 5.75 Å². The number of hydrogen-bond donors (Lipinski definition) is 1. The lowest BCUT2D eigenvalue weighted by molar-refractivity contribution is -0.115. The van der Waals surface area contributed by atoms with Crippen molar-refractivity contribution in [3.63, 3.8) is 0 Å². The van der Waals surface area contributed by atoms with E-state index in [1.165, 1.54) is 17.3 Å². The fourth-order valence-electron chi connectivity index (χ4n) is 6.03. The molecule has 1 atom stereocenters. The number of aromatic nitrogens is 2. The molecule has 1 spiro atoms. The number of carbonyl (C=O) groups excluding carboxylic acids is 1. The van der Waals surface area contributed by atoms with Crippen molar-refractivity contribution in [2.75, 3.05) is 12.4 Å². The number of para-hydroxylation sites is 1. The number of amides is 1. The van der Waals surface area contributed by atoms with Crippen LogP contribution < -0.4 is 15.6 Å². The Hall–Kier alpha value is -3.84. The van der Waals surface area contributed by atoms with Gasteiger partial charge in [-0.15, -0.1) is 0 Å². The van der Waals surface area contributed by atoms with Crippen LogP contribution in [-0.2, 0) is 16.6 Å². The summed E-state index contributed by atoms with van der Waals surface area (Å²) >= 11 is 1.30. The molecule has 39 heavy (non-hydrogen) atoms. The second kappa shape index (κ2) is 10.4. The molecule has 2 aliphatic carbocycles. The molecule has 2 aliphatic rings. The van der Waals surface area contributed by atoms with Gasteiger partial charge in [0.05, 0.1) is 29.3 Å². The van der Waals surface area contributed by atoms with E-state index < -0.39 is 5.25 Å². The molecular formula is C32H31N3O3S. The van der Waals surface area contributed by atoms with Crippen LogP contribution >= 0.6 is 11.8 Å². The minimum Gasteiger partial charge on any atom is -0.497 e. The van der Waals surface area contributed by atoms with Gasteiger partial charge < -0.3 is 10.1 Å². The first-order valence-electron chi connectivity index (χ1n) is 13.4. The molecule has 1 amide bonds. The number of nitrogens with one attached hydrogen (secondary N) is 1. The van der Waals surface area contributed by atoms with Gasteiger partial charge in [-0.25, -0.2) is 4.98 Å². The standard InChI is InChI=1S/C32H31N3O3S/c1-21(29(36)33-23-11-4-3-5-12-23)39-31-34-28-26-13-7-6-10-22(26)20-32(18-8-9-19-32)27(28)30(37)35(31)24-14-16-25(38-2)17-15-24/h3-7,10-17,21H,8-9,18-20H2,1-2H3,(H,33,36). The van der Waals surface area contributed by atoms with Crippen LogP contribution in [0.5, 0.6) is 5.75 Å². The smallest absolute Gasteiger partial charge is 0.263 e. The molecule has 6 nitrogen and oxygen atoms in total. The molecule has 0 radical (unpaired) electrons. The van der Waals surface area contributed by atoms with Crippen LogP contribution in [0.3, 0.4) is 0 Å². The van der Waals surface area contributed by atoms with Crippen LogP contribution in [0.15, 0.2) is 88.8 Å². The maximum atomic E-state index is 14.6. The van der Waals surface area contributed by atoms with Crippen LogP contribution in [-0.4, -0.2) is 27.8 Å². The lowest BCUT2D eigenvalue weighted by atomic mass is 9.68. The van der Waals surface area contributed by atoms with Gasteiger partial charge in [-0.05, 0) is 68.1 Å². The van der Waals surface area contributed by atoms with Crippen molar-refractivity contribution in [2.24, 2.45) is 0 Å². The number of anilines is 1. The van der Waals surface area contributed by atoms with Gasteiger partial charge >= 0.3 is 0 Å². The Morgan fingerprint density at radius 2 is 1.69 bits per heavy atom. The van der Waals surface area contributed by atoms with Gasteiger partial charge in [0.15, 0.2) is 5.16 Å². The zero-order valence-corrected chi connectivity index (χ0v) is 23.0. The molecular weight excluding hydrogens is 506 g/mol. The number of nitrogens with zero attached hydrogens (tertiary/aromatic N) is 2. The van der Waals surface area contributed by atoms with Gasteiger partial charge in [0, 0.05) is 16.7 Å². The third-order valence-corrected chi connectivity index (χ3v) is 9.02. The van der Waals surface area contributed by atoms with Crippen molar-refractivity contribution in [1.82, 2.24) is 9.55 Å². The maximum absolute atomic E-state index is 14.6. The summed E-state index contributed by atoms with van der Waals surface area (Å²) in [5, 5.41) is 2.99. The molecule has 1 saturated carbocycles. The summed E-state index contributed by atoms with van der Waals surface area (Å²) in [5.74, 6) is 0.566. The number of ether oxygens (including phenoxy) is 1. The van der Waals surface area contributed by atoms with Gasteiger partial charge in [0.25, 0.3) is 5.56 Å². The molecule has 1 aromatic heterocycles. The summed E-state index contributed by atoms with van der Waals surface area (Å²) in [6, 6.07) is 25.2. The predicted molar refractivity (Wildman–Crippen MR) is 156 cm³/mol. The first-order valence-corrected chi connectivity index (χ1v) is 14.3. The highest BCUT2D eigenvalue weighted by atomic mass is 32.2. The van der Waals surface area contributed by atoms with Gasteiger partial charge in [-0.2, -0.15) is 0 Å². The lowest BCUT2D eigenvalue weighted by Gasteiger charge is -2.36. The molecule has 4 aromatic rings. The number of carbonyl (C=O) groups is 1. The SMILES string of the molecule is COc1ccc(-n2c(SC(C)C(=O)Nc3ccccc3)nc3c(c2=O)C2(CCCC2)Cc2ccccc2-3)cc1. The number of thioether (sulfide) groups is 1. The Kier molecular flexibility index (Phi) is 6.77. The molecule has 1 fully saturated rings. The fraction of sp³-hybridized carbons (Fsp3) is 0.281. The highest BCUT2D eigenvalue weighted by Crippen LogP contribution is 2.50. The topological polar surface area (TPSA) is 73.2 Å². The molecule has 6 rings (SSSR count). The van der Waals surface area contributed by atoms with Gasteiger partial charge in [-0.3, -0.25) is 14.2 Å².